The molecule has 2 aliphatic heterocycles. The molecule has 4 N–H and O–H groups in total. The number of nitrogens with two attached hydrogens (primary N) is 1. The Labute approximate surface area is 506 Å². The summed E-state index contributed by atoms with van der Waals surface area (Å²) in [5.74, 6) is -2.50. The van der Waals surface area contributed by atoms with Crippen molar-refractivity contribution in [2.75, 3.05) is 26.3 Å². The van der Waals surface area contributed by atoms with Crippen LogP contribution in [0.25, 0.3) is 22.3 Å². The minimum absolute atomic E-state index is 0. The number of oxime groups is 2. The topological polar surface area (TPSA) is 247 Å². The number of nitrogens with one attached hydrogen (secondary N) is 1. The van der Waals surface area contributed by atoms with E-state index in [0.717, 1.165) is 44.5 Å². The lowest BCUT2D eigenvalue weighted by molar-refractivity contribution is -0.149. The summed E-state index contributed by atoms with van der Waals surface area (Å²) >= 11 is 0. The molecule has 0 unspecified atom stereocenters. The maximum Gasteiger partial charge on any atom is 0.411 e. The highest BCUT2D eigenvalue weighted by Gasteiger charge is 2.62. The van der Waals surface area contributed by atoms with Gasteiger partial charge in [0.25, 0.3) is 0 Å². The van der Waals surface area contributed by atoms with Crippen LogP contribution in [-0.4, -0.2) is 135 Å². The van der Waals surface area contributed by atoms with Crippen LogP contribution in [0.3, 0.4) is 0 Å². The Hall–Kier alpha value is -8.03. The first kappa shape index (κ1) is 69.5. The van der Waals surface area contributed by atoms with Gasteiger partial charge in [-0.05, 0) is 90.5 Å². The lowest BCUT2D eigenvalue weighted by Gasteiger charge is -2.28. The zero-order chi connectivity index (χ0) is 58.6. The number of ether oxygens (including phenoxy) is 4. The second-order valence-corrected chi connectivity index (χ2v) is 22.7. The van der Waals surface area contributed by atoms with Gasteiger partial charge in [0.05, 0.1) is 26.3 Å². The SMILES string of the molecule is C.C.C.C=C[C@@H]1C[C@]1(N)C(=O)OCC.C=C[C@@H]1C[C@]1(NC(=O)[C@@H]1C[C@@H](ON=C2c3ccccc3-c3ccccc32)CN1C(=O)OC(C)(C)C)C(=O)OCC.CC(C)(C)OC(=O)N1C[C@H](ON=C2c3ccccc3-c3ccccc32)C[C@H]1C(=O)O.Cl. The summed E-state index contributed by atoms with van der Waals surface area (Å²) in [4.78, 5) is 89.1. The van der Waals surface area contributed by atoms with E-state index in [-0.39, 0.29) is 85.0 Å². The second kappa shape index (κ2) is 28.2. The van der Waals surface area contributed by atoms with Gasteiger partial charge in [-0.2, -0.15) is 0 Å². The molecule has 2 heterocycles. The van der Waals surface area contributed by atoms with Gasteiger partial charge in [0.15, 0.2) is 0 Å². The highest BCUT2D eigenvalue weighted by molar-refractivity contribution is 6.25. The molecule has 19 nitrogen and oxygen atoms in total. The van der Waals surface area contributed by atoms with Gasteiger partial charge in [0.1, 0.15) is 58.0 Å². The monoisotopic (exact) mass is 1190 g/mol. The largest absolute Gasteiger partial charge is 0.480 e. The molecule has 0 bridgehead atoms. The number of carbonyl (C=O) groups is 6. The Morgan fingerprint density at radius 1 is 0.600 bits per heavy atom. The van der Waals surface area contributed by atoms with Crippen LogP contribution < -0.4 is 11.1 Å². The first-order valence-electron chi connectivity index (χ1n) is 27.3. The van der Waals surface area contributed by atoms with Gasteiger partial charge in [0.2, 0.25) is 5.91 Å². The van der Waals surface area contributed by atoms with Crippen LogP contribution >= 0.6 is 12.4 Å². The van der Waals surface area contributed by atoms with Crippen molar-refractivity contribution in [3.63, 3.8) is 0 Å². The van der Waals surface area contributed by atoms with E-state index in [0.29, 0.717) is 30.9 Å². The molecule has 4 fully saturated rings. The summed E-state index contributed by atoms with van der Waals surface area (Å²) in [7, 11) is 0. The standard InChI is InChI=1S/C31H35N3O6.C23H24N2O5.C8H13NO2.3CH4.ClH/c1-6-19-17-31(19,28(36)38-7-2)32-27(35)25-16-20(18-34(25)29(37)39-30(3,4)5)40-33-26-23-14-10-8-12-21(23)22-13-9-11-15-24(22)26;1-23(2,3)29-22(28)25-13-14(12-19(25)21(26)27)30-24-20-17-10-6-4-8-15(17)16-9-5-7-11-18(16)20;1-3-6-5-8(6,9)7(10)11-4-2;;;;/h6,8-15,19-20,25H,1,7,16-18H2,2-5H3,(H,32,35);4-11,14,19H,12-13H2,1-3H3,(H,26,27);3,6H,1,4-5,9H2,2H3;3*1H4;1H/t19-,20-,25+,31-;14-,19+;6-,8-;;;;/m111..../s1. The second-order valence-electron chi connectivity index (χ2n) is 22.7. The van der Waals surface area contributed by atoms with Gasteiger partial charge < -0.3 is 44.8 Å². The van der Waals surface area contributed by atoms with E-state index in [4.69, 9.17) is 34.4 Å². The Balaban J connectivity index is 0.000000304. The lowest BCUT2D eigenvalue weighted by atomic mass is 10.1. The first-order valence-corrected chi connectivity index (χ1v) is 27.3. The first-order chi connectivity index (χ1) is 38.5. The normalized spacial score (nSPS) is 23.0. The Kier molecular flexibility index (Phi) is 23.1. The smallest absolute Gasteiger partial charge is 0.411 e. The fourth-order valence-corrected chi connectivity index (χ4v) is 10.4. The fraction of sp³-hybridized carbons (Fsp3) is 0.446. The van der Waals surface area contributed by atoms with E-state index in [2.05, 4.69) is 28.8 Å². The number of amides is 3. The molecule has 4 aliphatic carbocycles. The van der Waals surface area contributed by atoms with Crippen LogP contribution in [0.4, 0.5) is 9.59 Å². The van der Waals surface area contributed by atoms with Crippen LogP contribution in [-0.2, 0) is 47.8 Å². The average Bonchev–Trinajstić information content (AvgIpc) is 1.79. The molecule has 4 aromatic carbocycles. The molecule has 3 amide bonds. The van der Waals surface area contributed by atoms with Crippen LogP contribution in [0.1, 0.15) is 126 Å². The predicted octanol–water partition coefficient (Wildman–Crippen LogP) is 11.1. The number of carbonyl (C=O) groups excluding carboxylic acids is 5. The van der Waals surface area contributed by atoms with Crippen molar-refractivity contribution in [3.05, 3.63) is 145 Å². The third kappa shape index (κ3) is 15.3. The summed E-state index contributed by atoms with van der Waals surface area (Å²) in [6.07, 6.45) is 2.34. The molecule has 4 aromatic rings. The maximum absolute atomic E-state index is 13.6. The summed E-state index contributed by atoms with van der Waals surface area (Å²) in [5.41, 5.74) is 11.9. The summed E-state index contributed by atoms with van der Waals surface area (Å²) in [5, 5.41) is 21.3. The lowest BCUT2D eigenvalue weighted by Crippen LogP contribution is -2.53. The molecular formula is C65H85ClN6O13. The number of aliphatic carboxylic acids is 1. The molecule has 8 atom stereocenters. The average molecular weight is 1190 g/mol. The third-order valence-electron chi connectivity index (χ3n) is 14.5. The zero-order valence-corrected chi connectivity index (χ0v) is 48.4. The van der Waals surface area contributed by atoms with Crippen molar-refractivity contribution in [3.8, 4) is 22.3 Å². The number of rotatable bonds is 13. The van der Waals surface area contributed by atoms with E-state index in [1.54, 1.807) is 67.5 Å². The number of hydrogen-bond acceptors (Lipinski definition) is 15. The molecule has 0 spiro atoms. The van der Waals surface area contributed by atoms with Crippen molar-refractivity contribution in [1.29, 1.82) is 0 Å². The molecular weight excluding hydrogens is 1110 g/mol. The molecule has 2 saturated carbocycles. The molecule has 85 heavy (non-hydrogen) atoms. The van der Waals surface area contributed by atoms with Crippen molar-refractivity contribution in [1.82, 2.24) is 15.1 Å². The van der Waals surface area contributed by atoms with E-state index < -0.39 is 76.6 Å². The third-order valence-corrected chi connectivity index (χ3v) is 14.5. The van der Waals surface area contributed by atoms with Gasteiger partial charge in [-0.25, -0.2) is 19.2 Å². The van der Waals surface area contributed by atoms with Crippen LogP contribution in [0.2, 0.25) is 0 Å². The van der Waals surface area contributed by atoms with Crippen molar-refractivity contribution < 1.29 is 62.5 Å². The number of hydrogen-bond donors (Lipinski definition) is 3. The molecule has 6 aliphatic rings. The van der Waals surface area contributed by atoms with Crippen molar-refractivity contribution in [2.24, 2.45) is 27.9 Å². The minimum Gasteiger partial charge on any atom is -0.480 e. The highest BCUT2D eigenvalue weighted by atomic mass is 35.5. The molecule has 0 radical (unpaired) electrons. The van der Waals surface area contributed by atoms with Gasteiger partial charge in [-0.15, -0.1) is 25.6 Å². The number of fused-ring (bicyclic) bond motifs is 6. The predicted molar refractivity (Wildman–Crippen MR) is 330 cm³/mol. The van der Waals surface area contributed by atoms with E-state index in [1.165, 1.54) is 9.80 Å². The van der Waals surface area contributed by atoms with E-state index >= 15 is 0 Å². The number of carboxylic acid groups (broad SMARTS) is 1. The van der Waals surface area contributed by atoms with Crippen LogP contribution in [0, 0.1) is 11.8 Å². The van der Waals surface area contributed by atoms with Crippen molar-refractivity contribution in [2.45, 2.75) is 150 Å². The molecule has 2 saturated heterocycles. The van der Waals surface area contributed by atoms with E-state index in [1.807, 2.05) is 97.1 Å². The van der Waals surface area contributed by atoms with Gasteiger partial charge in [-0.1, -0.05) is 142 Å². The van der Waals surface area contributed by atoms with Gasteiger partial charge in [0, 0.05) is 46.9 Å². The quantitative estimate of drug-likeness (QED) is 0.0421. The Morgan fingerprint density at radius 2 is 0.953 bits per heavy atom. The maximum atomic E-state index is 13.6. The molecule has 0 aromatic heterocycles. The van der Waals surface area contributed by atoms with Crippen LogP contribution in [0.5, 0.6) is 0 Å². The highest BCUT2D eigenvalue weighted by Crippen LogP contribution is 2.46. The van der Waals surface area contributed by atoms with Gasteiger partial charge in [-0.3, -0.25) is 19.4 Å². The number of benzene rings is 4. The number of carboxylic acids is 1. The fourth-order valence-electron chi connectivity index (χ4n) is 10.4. The van der Waals surface area contributed by atoms with Gasteiger partial charge >= 0.3 is 30.1 Å². The Morgan fingerprint density at radius 3 is 1.28 bits per heavy atom. The number of esters is 2. The number of nitrogens with zero attached hydrogens (tertiary/aromatic N) is 4. The summed E-state index contributed by atoms with van der Waals surface area (Å²) < 4.78 is 21.0. The minimum atomic E-state index is -1.18. The zero-order valence-electron chi connectivity index (χ0n) is 47.5. The number of halogens is 1. The van der Waals surface area contributed by atoms with E-state index in [9.17, 15) is 33.9 Å². The summed E-state index contributed by atoms with van der Waals surface area (Å²) in [6.45, 7) is 22.1. The molecule has 20 heteroatoms. The summed E-state index contributed by atoms with van der Waals surface area (Å²) in [6, 6.07) is 29.9. The molecule has 460 valence electrons. The molecule has 10 rings (SSSR count). The van der Waals surface area contributed by atoms with Crippen molar-refractivity contribution >= 4 is 59.8 Å². The van der Waals surface area contributed by atoms with Crippen LogP contribution in [0.15, 0.2) is 133 Å². The Bertz CT molecular complexity index is 3070. The number of likely N-dealkylation sites (tertiary alicyclic amines) is 2.